The lowest BCUT2D eigenvalue weighted by atomic mass is 10.1. The lowest BCUT2D eigenvalue weighted by Gasteiger charge is -2.06. The van der Waals surface area contributed by atoms with E-state index >= 15 is 0 Å². The van der Waals surface area contributed by atoms with Crippen LogP contribution in [0, 0.1) is 10.1 Å². The van der Waals surface area contributed by atoms with Crippen molar-refractivity contribution >= 4 is 39.0 Å². The topological polar surface area (TPSA) is 120 Å². The molecule has 2 aromatic heterocycles. The van der Waals surface area contributed by atoms with Crippen LogP contribution in [-0.4, -0.2) is 25.4 Å². The molecule has 0 aliphatic rings. The van der Waals surface area contributed by atoms with Crippen molar-refractivity contribution in [3.8, 4) is 11.3 Å². The van der Waals surface area contributed by atoms with Gasteiger partial charge in [-0.25, -0.2) is 9.97 Å². The van der Waals surface area contributed by atoms with Gasteiger partial charge in [-0.2, -0.15) is 0 Å². The second-order valence-electron chi connectivity index (χ2n) is 6.08. The second kappa shape index (κ2) is 7.60. The molecule has 10 heteroatoms. The smallest absolute Gasteiger partial charge is 0.269 e. The summed E-state index contributed by atoms with van der Waals surface area (Å²) in [7, 11) is 0. The summed E-state index contributed by atoms with van der Waals surface area (Å²) in [4.78, 5) is 43.6. The largest absolute Gasteiger partial charge is 0.300 e. The quantitative estimate of drug-likeness (QED) is 0.401. The van der Waals surface area contributed by atoms with Crippen LogP contribution in [0.25, 0.3) is 22.2 Å². The Kier molecular flexibility index (Phi) is 4.83. The average molecular weight is 407 g/mol. The number of carbonyl (C=O) groups excluding carboxylic acids is 1. The van der Waals surface area contributed by atoms with Crippen molar-refractivity contribution in [1.29, 1.82) is 0 Å². The molecular weight excluding hydrogens is 394 g/mol. The maximum absolute atomic E-state index is 12.5. The summed E-state index contributed by atoms with van der Waals surface area (Å²) in [5, 5.41) is 15.9. The lowest BCUT2D eigenvalue weighted by Crippen LogP contribution is -2.27. The van der Waals surface area contributed by atoms with Crippen LogP contribution in [0.1, 0.15) is 0 Å². The van der Waals surface area contributed by atoms with E-state index in [4.69, 9.17) is 0 Å². The Hall–Kier alpha value is -3.92. The minimum Gasteiger partial charge on any atom is -0.300 e. The van der Waals surface area contributed by atoms with E-state index in [1.54, 1.807) is 41.8 Å². The van der Waals surface area contributed by atoms with E-state index in [-0.39, 0.29) is 17.8 Å². The van der Waals surface area contributed by atoms with Gasteiger partial charge in [0.25, 0.3) is 11.2 Å². The number of non-ortho nitro benzene ring substituents is 1. The maximum Gasteiger partial charge on any atom is 0.269 e. The number of aromatic nitrogens is 3. The van der Waals surface area contributed by atoms with Crippen LogP contribution in [-0.2, 0) is 11.3 Å². The first-order chi connectivity index (χ1) is 14.0. The molecule has 0 aliphatic heterocycles. The first kappa shape index (κ1) is 18.4. The van der Waals surface area contributed by atoms with E-state index in [2.05, 4.69) is 15.3 Å². The van der Waals surface area contributed by atoms with E-state index in [1.807, 2.05) is 0 Å². The van der Waals surface area contributed by atoms with E-state index < -0.39 is 10.8 Å². The number of fused-ring (bicyclic) bond motifs is 1. The van der Waals surface area contributed by atoms with Crippen molar-refractivity contribution < 1.29 is 9.72 Å². The summed E-state index contributed by atoms with van der Waals surface area (Å²) >= 11 is 1.22. The van der Waals surface area contributed by atoms with E-state index in [0.29, 0.717) is 27.3 Å². The molecule has 1 amide bonds. The first-order valence-corrected chi connectivity index (χ1v) is 9.33. The van der Waals surface area contributed by atoms with Gasteiger partial charge in [0.1, 0.15) is 6.54 Å². The number of anilines is 1. The Balaban J connectivity index is 1.48. The number of nitrogens with one attached hydrogen (secondary N) is 1. The molecule has 0 atom stereocenters. The highest BCUT2D eigenvalue weighted by atomic mass is 32.1. The van der Waals surface area contributed by atoms with Crippen LogP contribution in [0.5, 0.6) is 0 Å². The Morgan fingerprint density at radius 3 is 2.69 bits per heavy atom. The van der Waals surface area contributed by atoms with Gasteiger partial charge in [-0.3, -0.25) is 24.3 Å². The van der Waals surface area contributed by atoms with E-state index in [9.17, 15) is 19.7 Å². The zero-order valence-electron chi connectivity index (χ0n) is 14.8. The molecule has 2 heterocycles. The Morgan fingerprint density at radius 1 is 1.17 bits per heavy atom. The van der Waals surface area contributed by atoms with Gasteiger partial charge in [0.2, 0.25) is 5.91 Å². The number of thiazole rings is 1. The maximum atomic E-state index is 12.5. The van der Waals surface area contributed by atoms with E-state index in [0.717, 1.165) is 0 Å². The Labute approximate surface area is 167 Å². The van der Waals surface area contributed by atoms with Crippen LogP contribution in [0.2, 0.25) is 0 Å². The highest BCUT2D eigenvalue weighted by Gasteiger charge is 2.12. The molecule has 0 aliphatic carbocycles. The van der Waals surface area contributed by atoms with Gasteiger partial charge in [0.15, 0.2) is 5.13 Å². The van der Waals surface area contributed by atoms with Gasteiger partial charge < -0.3 is 5.32 Å². The highest BCUT2D eigenvalue weighted by molar-refractivity contribution is 7.14. The van der Waals surface area contributed by atoms with Gasteiger partial charge in [-0.15, -0.1) is 11.3 Å². The first-order valence-electron chi connectivity index (χ1n) is 8.45. The standard InChI is InChI=1S/C19H13N5O4S/c25-17(9-23-11-20-15-4-2-1-3-14(15)18(23)26)22-19-21-16(10-29-19)12-5-7-13(8-6-12)24(27)28/h1-8,10-11H,9H2,(H,21,22,25). The van der Waals surface area contributed by atoms with Crippen LogP contribution < -0.4 is 10.9 Å². The summed E-state index contributed by atoms with van der Waals surface area (Å²) in [6.45, 7) is -0.191. The molecule has 4 aromatic rings. The van der Waals surface area contributed by atoms with Crippen molar-refractivity contribution in [3.63, 3.8) is 0 Å². The number of para-hydroxylation sites is 1. The number of hydrogen-bond acceptors (Lipinski definition) is 7. The van der Waals surface area contributed by atoms with Crippen LogP contribution >= 0.6 is 11.3 Å². The van der Waals surface area contributed by atoms with Crippen molar-refractivity contribution in [2.45, 2.75) is 6.54 Å². The molecule has 2 aromatic carbocycles. The predicted octanol–water partition coefficient (Wildman–Crippen LogP) is 3.07. The summed E-state index contributed by atoms with van der Waals surface area (Å²) in [5.74, 6) is -0.409. The molecule has 0 radical (unpaired) electrons. The van der Waals surface area contributed by atoms with Crippen molar-refractivity contribution in [1.82, 2.24) is 14.5 Å². The normalized spacial score (nSPS) is 10.8. The Morgan fingerprint density at radius 2 is 1.93 bits per heavy atom. The van der Waals surface area contributed by atoms with Crippen LogP contribution in [0.15, 0.2) is 65.0 Å². The number of nitro groups is 1. The molecule has 9 nitrogen and oxygen atoms in total. The third-order valence-electron chi connectivity index (χ3n) is 4.17. The van der Waals surface area contributed by atoms with Crippen molar-refractivity contribution in [2.75, 3.05) is 5.32 Å². The molecule has 0 bridgehead atoms. The molecule has 0 unspecified atom stereocenters. The molecule has 1 N–H and O–H groups in total. The highest BCUT2D eigenvalue weighted by Crippen LogP contribution is 2.26. The molecule has 0 spiro atoms. The number of nitrogens with zero attached hydrogens (tertiary/aromatic N) is 4. The third kappa shape index (κ3) is 3.87. The van der Waals surface area contributed by atoms with Crippen molar-refractivity contribution in [3.05, 3.63) is 80.7 Å². The summed E-state index contributed by atoms with van der Waals surface area (Å²) < 4.78 is 1.24. The fourth-order valence-corrected chi connectivity index (χ4v) is 3.49. The number of nitro benzene ring substituents is 1. The molecule has 0 saturated carbocycles. The minimum atomic E-state index is -0.472. The number of benzene rings is 2. The lowest BCUT2D eigenvalue weighted by molar-refractivity contribution is -0.384. The summed E-state index contributed by atoms with van der Waals surface area (Å²) in [6.07, 6.45) is 1.34. The van der Waals surface area contributed by atoms with Crippen LogP contribution in [0.3, 0.4) is 0 Å². The number of carbonyl (C=O) groups is 1. The molecule has 4 rings (SSSR count). The zero-order valence-corrected chi connectivity index (χ0v) is 15.6. The SMILES string of the molecule is O=C(Cn1cnc2ccccc2c1=O)Nc1nc(-c2ccc([N+](=O)[O-])cc2)cs1. The number of rotatable bonds is 5. The van der Waals surface area contributed by atoms with Crippen LogP contribution in [0.4, 0.5) is 10.8 Å². The molecule has 0 saturated heterocycles. The van der Waals surface area contributed by atoms with Gasteiger partial charge in [-0.05, 0) is 24.3 Å². The molecular formula is C19H13N5O4S. The Bertz CT molecular complexity index is 1280. The number of amides is 1. The van der Waals surface area contributed by atoms with Gasteiger partial charge in [0, 0.05) is 23.1 Å². The molecule has 29 heavy (non-hydrogen) atoms. The van der Waals surface area contributed by atoms with Gasteiger partial charge in [0.05, 0.1) is 27.8 Å². The third-order valence-corrected chi connectivity index (χ3v) is 4.93. The van der Waals surface area contributed by atoms with Gasteiger partial charge in [-0.1, -0.05) is 12.1 Å². The number of hydrogen-bond donors (Lipinski definition) is 1. The summed E-state index contributed by atoms with van der Waals surface area (Å²) in [5.41, 5.74) is 1.55. The minimum absolute atomic E-state index is 0.00746. The summed E-state index contributed by atoms with van der Waals surface area (Å²) in [6, 6.07) is 12.9. The van der Waals surface area contributed by atoms with Gasteiger partial charge >= 0.3 is 0 Å². The molecule has 0 fully saturated rings. The van der Waals surface area contributed by atoms with Crippen molar-refractivity contribution in [2.24, 2.45) is 0 Å². The monoisotopic (exact) mass is 407 g/mol. The second-order valence-corrected chi connectivity index (χ2v) is 6.94. The predicted molar refractivity (Wildman–Crippen MR) is 109 cm³/mol. The van der Waals surface area contributed by atoms with E-state index in [1.165, 1.54) is 34.4 Å². The molecule has 144 valence electrons. The fourth-order valence-electron chi connectivity index (χ4n) is 2.75. The average Bonchev–Trinajstić information content (AvgIpc) is 3.18. The fraction of sp³-hybridized carbons (Fsp3) is 0.0526. The zero-order chi connectivity index (χ0) is 20.4.